The Labute approximate surface area is 162 Å². The van der Waals surface area contributed by atoms with E-state index in [1.807, 2.05) is 13.0 Å². The van der Waals surface area contributed by atoms with E-state index in [0.717, 1.165) is 47.4 Å². The predicted octanol–water partition coefficient (Wildman–Crippen LogP) is 6.41. The van der Waals surface area contributed by atoms with E-state index in [1.54, 1.807) is 6.07 Å². The summed E-state index contributed by atoms with van der Waals surface area (Å²) in [4.78, 5) is 16.9. The quantitative estimate of drug-likeness (QED) is 0.542. The first-order chi connectivity index (χ1) is 12.7. The Kier molecular flexibility index (Phi) is 4.39. The van der Waals surface area contributed by atoms with Crippen molar-refractivity contribution in [3.63, 3.8) is 0 Å². The van der Waals surface area contributed by atoms with E-state index in [0.29, 0.717) is 26.7 Å². The lowest BCUT2D eigenvalue weighted by molar-refractivity contribution is -0.137. The van der Waals surface area contributed by atoms with Crippen LogP contribution in [0.3, 0.4) is 0 Å². The van der Waals surface area contributed by atoms with E-state index >= 15 is 0 Å². The van der Waals surface area contributed by atoms with Gasteiger partial charge < -0.3 is 0 Å². The van der Waals surface area contributed by atoms with Gasteiger partial charge in [0.15, 0.2) is 5.13 Å². The van der Waals surface area contributed by atoms with Crippen molar-refractivity contribution in [1.82, 2.24) is 4.98 Å². The van der Waals surface area contributed by atoms with Crippen LogP contribution in [0.4, 0.5) is 18.3 Å². The Balaban J connectivity index is 1.63. The molecule has 1 aliphatic rings. The van der Waals surface area contributed by atoms with Crippen LogP contribution in [0.25, 0.3) is 10.2 Å². The van der Waals surface area contributed by atoms with Crippen LogP contribution >= 0.6 is 22.9 Å². The van der Waals surface area contributed by atoms with Crippen LogP contribution in [0.1, 0.15) is 45.8 Å². The molecular formula is C19H14ClF3N2OS. The number of thiazole rings is 1. The lowest BCUT2D eigenvalue weighted by atomic mass is 9.98. The molecule has 0 spiro atoms. The van der Waals surface area contributed by atoms with Crippen LogP contribution in [0.5, 0.6) is 0 Å². The molecule has 3 nitrogen and oxygen atoms in total. The molecule has 4 rings (SSSR count). The van der Waals surface area contributed by atoms with Crippen molar-refractivity contribution in [3.05, 3.63) is 57.6 Å². The summed E-state index contributed by atoms with van der Waals surface area (Å²) in [5.41, 5.74) is 2.08. The normalized spacial score (nSPS) is 14.6. The van der Waals surface area contributed by atoms with E-state index in [1.165, 1.54) is 6.07 Å². The molecule has 0 aliphatic heterocycles. The summed E-state index contributed by atoms with van der Waals surface area (Å²) >= 11 is 7.17. The summed E-state index contributed by atoms with van der Waals surface area (Å²) in [6, 6.07) is 6.82. The fraction of sp³-hybridized carbons (Fsp3) is 0.263. The highest BCUT2D eigenvalue weighted by Gasteiger charge is 2.31. The molecule has 1 N–H and O–H groups in total. The fourth-order valence-electron chi connectivity index (χ4n) is 3.07. The second-order valence-corrected chi connectivity index (χ2v) is 8.06. The molecular weight excluding hydrogens is 397 g/mol. The molecule has 2 aromatic carbocycles. The highest BCUT2D eigenvalue weighted by Crippen LogP contribution is 2.43. The number of nitrogens with zero attached hydrogens (tertiary/aromatic N) is 1. The van der Waals surface area contributed by atoms with Crippen molar-refractivity contribution < 1.29 is 18.0 Å². The predicted molar refractivity (Wildman–Crippen MR) is 101 cm³/mol. The van der Waals surface area contributed by atoms with Crippen molar-refractivity contribution in [2.75, 3.05) is 5.32 Å². The fourth-order valence-corrected chi connectivity index (χ4v) is 4.20. The number of benzene rings is 2. The summed E-state index contributed by atoms with van der Waals surface area (Å²) in [7, 11) is 0. The average molecular weight is 411 g/mol. The van der Waals surface area contributed by atoms with Crippen molar-refractivity contribution in [1.29, 1.82) is 0 Å². The number of carbonyl (C=O) groups is 1. The minimum Gasteiger partial charge on any atom is -0.298 e. The standard InChI is InChI=1S/C19H14ClF3N2OS/c1-9-13(10-2-3-10)7-12(20)8-14(9)17(26)25-18-24-15-5-4-11(19(21,22)23)6-16(15)27-18/h4-8,10H,2-3H2,1H3,(H,24,25,26). The molecule has 0 bridgehead atoms. The van der Waals surface area contributed by atoms with Crippen LogP contribution in [0.15, 0.2) is 30.3 Å². The maximum Gasteiger partial charge on any atom is 0.416 e. The largest absolute Gasteiger partial charge is 0.416 e. The topological polar surface area (TPSA) is 42.0 Å². The molecule has 1 heterocycles. The van der Waals surface area contributed by atoms with E-state index in [2.05, 4.69) is 10.3 Å². The third kappa shape index (κ3) is 3.66. The van der Waals surface area contributed by atoms with E-state index in [-0.39, 0.29) is 11.0 Å². The molecule has 3 aromatic rings. The molecule has 1 aromatic heterocycles. The molecule has 8 heteroatoms. The number of halogens is 4. The highest BCUT2D eigenvalue weighted by molar-refractivity contribution is 7.22. The maximum absolute atomic E-state index is 12.8. The average Bonchev–Trinajstić information content (AvgIpc) is 3.35. The Bertz CT molecular complexity index is 1060. The Morgan fingerprint density at radius 1 is 1.26 bits per heavy atom. The second kappa shape index (κ2) is 6.49. The van der Waals surface area contributed by atoms with Gasteiger partial charge in [-0.1, -0.05) is 22.9 Å². The highest BCUT2D eigenvalue weighted by atomic mass is 35.5. The van der Waals surface area contributed by atoms with Gasteiger partial charge in [-0.15, -0.1) is 0 Å². The second-order valence-electron chi connectivity index (χ2n) is 6.60. The summed E-state index contributed by atoms with van der Waals surface area (Å²) < 4.78 is 38.9. The Morgan fingerprint density at radius 2 is 2.00 bits per heavy atom. The van der Waals surface area contributed by atoms with Gasteiger partial charge in [0.1, 0.15) is 0 Å². The number of nitrogens with one attached hydrogen (secondary N) is 1. The number of fused-ring (bicyclic) bond motifs is 1. The number of rotatable bonds is 3. The van der Waals surface area contributed by atoms with Gasteiger partial charge in [-0.3, -0.25) is 10.1 Å². The van der Waals surface area contributed by atoms with Gasteiger partial charge in [-0.25, -0.2) is 4.98 Å². The van der Waals surface area contributed by atoms with Gasteiger partial charge in [-0.05, 0) is 67.1 Å². The monoisotopic (exact) mass is 410 g/mol. The number of anilines is 1. The lowest BCUT2D eigenvalue weighted by Gasteiger charge is -2.11. The molecule has 0 saturated heterocycles. The smallest absolute Gasteiger partial charge is 0.298 e. The van der Waals surface area contributed by atoms with Gasteiger partial charge in [0.2, 0.25) is 0 Å². The van der Waals surface area contributed by atoms with E-state index in [9.17, 15) is 18.0 Å². The summed E-state index contributed by atoms with van der Waals surface area (Å²) in [6.45, 7) is 1.88. The number of aromatic nitrogens is 1. The minimum absolute atomic E-state index is 0.252. The third-order valence-electron chi connectivity index (χ3n) is 4.61. The van der Waals surface area contributed by atoms with Gasteiger partial charge in [0, 0.05) is 10.6 Å². The summed E-state index contributed by atoms with van der Waals surface area (Å²) in [5, 5.41) is 3.43. The SMILES string of the molecule is Cc1c(C(=O)Nc2nc3ccc(C(F)(F)F)cc3s2)cc(Cl)cc1C1CC1. The van der Waals surface area contributed by atoms with E-state index < -0.39 is 11.7 Å². The molecule has 1 saturated carbocycles. The molecule has 140 valence electrons. The molecule has 0 unspecified atom stereocenters. The zero-order chi connectivity index (χ0) is 19.3. The molecule has 0 atom stereocenters. The van der Waals surface area contributed by atoms with Crippen LogP contribution in [-0.2, 0) is 6.18 Å². The van der Waals surface area contributed by atoms with Crippen LogP contribution in [0.2, 0.25) is 5.02 Å². The molecule has 1 aliphatic carbocycles. The van der Waals surface area contributed by atoms with Gasteiger partial charge in [0.25, 0.3) is 5.91 Å². The maximum atomic E-state index is 12.8. The van der Waals surface area contributed by atoms with Crippen molar-refractivity contribution >= 4 is 44.2 Å². The molecule has 0 radical (unpaired) electrons. The first-order valence-electron chi connectivity index (χ1n) is 8.31. The van der Waals surface area contributed by atoms with Gasteiger partial charge in [-0.2, -0.15) is 13.2 Å². The number of amides is 1. The summed E-state index contributed by atoms with van der Waals surface area (Å²) in [5.74, 6) is 0.0745. The van der Waals surface area contributed by atoms with Crippen LogP contribution in [0, 0.1) is 6.92 Å². The Hall–Kier alpha value is -2.12. The molecule has 27 heavy (non-hydrogen) atoms. The zero-order valence-electron chi connectivity index (χ0n) is 14.2. The Morgan fingerprint density at radius 3 is 2.67 bits per heavy atom. The van der Waals surface area contributed by atoms with Gasteiger partial charge in [0.05, 0.1) is 15.8 Å². The summed E-state index contributed by atoms with van der Waals surface area (Å²) in [6.07, 6.45) is -2.25. The van der Waals surface area contributed by atoms with Crippen molar-refractivity contribution in [2.45, 2.75) is 31.9 Å². The number of carbonyl (C=O) groups excluding carboxylic acids is 1. The van der Waals surface area contributed by atoms with E-state index in [4.69, 9.17) is 11.6 Å². The number of hydrogen-bond donors (Lipinski definition) is 1. The minimum atomic E-state index is -4.42. The van der Waals surface area contributed by atoms with Crippen LogP contribution in [-0.4, -0.2) is 10.9 Å². The third-order valence-corrected chi connectivity index (χ3v) is 5.76. The van der Waals surface area contributed by atoms with Gasteiger partial charge >= 0.3 is 6.18 Å². The van der Waals surface area contributed by atoms with Crippen LogP contribution < -0.4 is 5.32 Å². The zero-order valence-corrected chi connectivity index (χ0v) is 15.7. The first-order valence-corrected chi connectivity index (χ1v) is 9.51. The molecule has 1 fully saturated rings. The van der Waals surface area contributed by atoms with Crippen molar-refractivity contribution in [3.8, 4) is 0 Å². The number of alkyl halides is 3. The van der Waals surface area contributed by atoms with Crippen molar-refractivity contribution in [2.24, 2.45) is 0 Å². The lowest BCUT2D eigenvalue weighted by Crippen LogP contribution is -2.14. The molecule has 1 amide bonds. The number of hydrogen-bond acceptors (Lipinski definition) is 3. The first kappa shape index (κ1) is 18.3.